The molecule has 0 fully saturated rings. The maximum absolute atomic E-state index is 5.67. The minimum absolute atomic E-state index is 0.609. The van der Waals surface area contributed by atoms with Crippen molar-refractivity contribution in [2.24, 2.45) is 0 Å². The van der Waals surface area contributed by atoms with E-state index < -0.39 is 0 Å². The Morgan fingerprint density at radius 2 is 2.10 bits per heavy atom. The molecule has 0 N–H and O–H groups in total. The second-order valence-electron chi connectivity index (χ2n) is 2.27. The lowest BCUT2D eigenvalue weighted by Gasteiger charge is -1.98. The molecule has 0 atom stereocenters. The third-order valence-corrected chi connectivity index (χ3v) is 2.19. The van der Waals surface area contributed by atoms with E-state index in [2.05, 4.69) is 47.7 Å². The van der Waals surface area contributed by atoms with Crippen LogP contribution in [-0.2, 0) is 5.88 Å². The van der Waals surface area contributed by atoms with E-state index >= 15 is 0 Å². The summed E-state index contributed by atoms with van der Waals surface area (Å²) in [5.74, 6) is 0.609. The number of hydrogen-bond donors (Lipinski definition) is 0. The van der Waals surface area contributed by atoms with Gasteiger partial charge in [0.2, 0.25) is 0 Å². The standard InChI is InChI=1S/C8H8ClI/c1-6-2-7(5-9)4-8(10)3-6/h2-4H,5H2,1H3. The van der Waals surface area contributed by atoms with Crippen LogP contribution in [0.3, 0.4) is 0 Å². The van der Waals surface area contributed by atoms with Crippen molar-refractivity contribution < 1.29 is 0 Å². The van der Waals surface area contributed by atoms with E-state index in [1.807, 2.05) is 0 Å². The van der Waals surface area contributed by atoms with Crippen molar-refractivity contribution in [2.45, 2.75) is 12.8 Å². The molecule has 54 valence electrons. The van der Waals surface area contributed by atoms with Crippen LogP contribution < -0.4 is 0 Å². The summed E-state index contributed by atoms with van der Waals surface area (Å²) in [5.41, 5.74) is 2.48. The predicted octanol–water partition coefficient (Wildman–Crippen LogP) is 3.34. The third-order valence-electron chi connectivity index (χ3n) is 1.26. The molecule has 0 aromatic heterocycles. The van der Waals surface area contributed by atoms with Gasteiger partial charge in [0.1, 0.15) is 0 Å². The van der Waals surface area contributed by atoms with Crippen molar-refractivity contribution in [3.8, 4) is 0 Å². The highest BCUT2D eigenvalue weighted by atomic mass is 127. The summed E-state index contributed by atoms with van der Waals surface area (Å²) in [6.45, 7) is 2.08. The van der Waals surface area contributed by atoms with Crippen LogP contribution in [0.25, 0.3) is 0 Å². The monoisotopic (exact) mass is 266 g/mol. The molecule has 10 heavy (non-hydrogen) atoms. The Morgan fingerprint density at radius 1 is 1.40 bits per heavy atom. The smallest absolute Gasteiger partial charge is 0.0474 e. The predicted molar refractivity (Wildman–Crippen MR) is 53.5 cm³/mol. The first-order chi connectivity index (χ1) is 4.72. The van der Waals surface area contributed by atoms with Crippen LogP contribution in [0.15, 0.2) is 18.2 Å². The molecule has 0 aliphatic carbocycles. The molecule has 0 nitrogen and oxygen atoms in total. The van der Waals surface area contributed by atoms with E-state index in [9.17, 15) is 0 Å². The summed E-state index contributed by atoms with van der Waals surface area (Å²) in [7, 11) is 0. The number of hydrogen-bond acceptors (Lipinski definition) is 0. The molecule has 0 aliphatic heterocycles. The van der Waals surface area contributed by atoms with Gasteiger partial charge in [-0.25, -0.2) is 0 Å². The number of aryl methyl sites for hydroxylation is 1. The lowest BCUT2D eigenvalue weighted by molar-refractivity contribution is 1.33. The molecule has 0 saturated carbocycles. The zero-order chi connectivity index (χ0) is 7.56. The van der Waals surface area contributed by atoms with Crippen LogP contribution >= 0.6 is 34.2 Å². The maximum atomic E-state index is 5.67. The molecule has 0 spiro atoms. The van der Waals surface area contributed by atoms with Crippen molar-refractivity contribution in [3.05, 3.63) is 32.9 Å². The molecule has 0 heterocycles. The minimum Gasteiger partial charge on any atom is -0.122 e. The largest absolute Gasteiger partial charge is 0.122 e. The Hall–Kier alpha value is 0.240. The summed E-state index contributed by atoms with van der Waals surface area (Å²) in [6, 6.07) is 6.34. The number of benzene rings is 1. The lowest BCUT2D eigenvalue weighted by Crippen LogP contribution is -1.81. The van der Waals surface area contributed by atoms with Gasteiger partial charge in [-0.05, 0) is 52.8 Å². The van der Waals surface area contributed by atoms with E-state index in [0.29, 0.717) is 5.88 Å². The van der Waals surface area contributed by atoms with Crippen LogP contribution in [0, 0.1) is 10.5 Å². The third kappa shape index (κ3) is 2.13. The number of alkyl halides is 1. The Labute approximate surface area is 79.7 Å². The van der Waals surface area contributed by atoms with Gasteiger partial charge in [0, 0.05) is 9.45 Å². The molecule has 0 saturated heterocycles. The first-order valence-corrected chi connectivity index (χ1v) is 4.66. The van der Waals surface area contributed by atoms with Crippen molar-refractivity contribution in [1.29, 1.82) is 0 Å². The van der Waals surface area contributed by atoms with E-state index in [1.165, 1.54) is 14.7 Å². The van der Waals surface area contributed by atoms with Crippen LogP contribution in [0.1, 0.15) is 11.1 Å². The lowest BCUT2D eigenvalue weighted by atomic mass is 10.2. The van der Waals surface area contributed by atoms with Gasteiger partial charge in [-0.2, -0.15) is 0 Å². The van der Waals surface area contributed by atoms with E-state index in [4.69, 9.17) is 11.6 Å². The minimum atomic E-state index is 0.609. The SMILES string of the molecule is Cc1cc(I)cc(CCl)c1. The van der Waals surface area contributed by atoms with Crippen LogP contribution in [0.2, 0.25) is 0 Å². The first-order valence-electron chi connectivity index (χ1n) is 3.04. The zero-order valence-corrected chi connectivity index (χ0v) is 8.61. The van der Waals surface area contributed by atoms with E-state index in [1.54, 1.807) is 0 Å². The highest BCUT2D eigenvalue weighted by Crippen LogP contribution is 2.12. The summed E-state index contributed by atoms with van der Waals surface area (Å²) < 4.78 is 1.26. The zero-order valence-electron chi connectivity index (χ0n) is 5.70. The topological polar surface area (TPSA) is 0 Å². The Balaban J connectivity index is 3.06. The summed E-state index contributed by atoms with van der Waals surface area (Å²) in [4.78, 5) is 0. The molecule has 1 rings (SSSR count). The molecule has 1 aromatic carbocycles. The van der Waals surface area contributed by atoms with Gasteiger partial charge >= 0.3 is 0 Å². The molecule has 0 aliphatic rings. The van der Waals surface area contributed by atoms with Crippen molar-refractivity contribution in [1.82, 2.24) is 0 Å². The number of halogens is 2. The second kappa shape index (κ2) is 3.58. The first kappa shape index (κ1) is 8.34. The Morgan fingerprint density at radius 3 is 2.60 bits per heavy atom. The van der Waals surface area contributed by atoms with Crippen LogP contribution in [0.5, 0.6) is 0 Å². The normalized spacial score (nSPS) is 9.90. The molecule has 1 aromatic rings. The molecule has 2 heteroatoms. The Kier molecular flexibility index (Phi) is 2.98. The fourth-order valence-electron chi connectivity index (χ4n) is 0.889. The molecule has 0 bridgehead atoms. The highest BCUT2D eigenvalue weighted by Gasteiger charge is 1.93. The van der Waals surface area contributed by atoms with Gasteiger partial charge in [0.25, 0.3) is 0 Å². The van der Waals surface area contributed by atoms with Gasteiger partial charge in [-0.1, -0.05) is 6.07 Å². The van der Waals surface area contributed by atoms with Gasteiger partial charge in [0.05, 0.1) is 0 Å². The van der Waals surface area contributed by atoms with Gasteiger partial charge in [-0.3, -0.25) is 0 Å². The van der Waals surface area contributed by atoms with Crippen LogP contribution in [0.4, 0.5) is 0 Å². The Bertz CT molecular complexity index is 212. The van der Waals surface area contributed by atoms with Crippen molar-refractivity contribution in [3.63, 3.8) is 0 Å². The molecular weight excluding hydrogens is 258 g/mol. The summed E-state index contributed by atoms with van der Waals surface area (Å²) in [6.07, 6.45) is 0. The average Bonchev–Trinajstić information content (AvgIpc) is 1.85. The molecular formula is C8H8ClI. The van der Waals surface area contributed by atoms with Gasteiger partial charge < -0.3 is 0 Å². The fraction of sp³-hybridized carbons (Fsp3) is 0.250. The van der Waals surface area contributed by atoms with E-state index in [-0.39, 0.29) is 0 Å². The molecule has 0 unspecified atom stereocenters. The second-order valence-corrected chi connectivity index (χ2v) is 3.78. The van der Waals surface area contributed by atoms with E-state index in [0.717, 1.165) is 0 Å². The van der Waals surface area contributed by atoms with Crippen molar-refractivity contribution in [2.75, 3.05) is 0 Å². The van der Waals surface area contributed by atoms with Crippen LogP contribution in [-0.4, -0.2) is 0 Å². The van der Waals surface area contributed by atoms with Crippen molar-refractivity contribution >= 4 is 34.2 Å². The average molecular weight is 267 g/mol. The fourth-order valence-corrected chi connectivity index (χ4v) is 1.93. The number of rotatable bonds is 1. The van der Waals surface area contributed by atoms with Gasteiger partial charge in [0.15, 0.2) is 0 Å². The molecule has 0 amide bonds. The quantitative estimate of drug-likeness (QED) is 0.540. The maximum Gasteiger partial charge on any atom is 0.0474 e. The highest BCUT2D eigenvalue weighted by molar-refractivity contribution is 14.1. The molecule has 0 radical (unpaired) electrons. The van der Waals surface area contributed by atoms with Gasteiger partial charge in [-0.15, -0.1) is 11.6 Å². The summed E-state index contributed by atoms with van der Waals surface area (Å²) >= 11 is 7.96. The summed E-state index contributed by atoms with van der Waals surface area (Å²) in [5, 5.41) is 0.